The number of aliphatic carboxylic acids is 1. The van der Waals surface area contributed by atoms with Crippen molar-refractivity contribution in [2.24, 2.45) is 7.05 Å². The van der Waals surface area contributed by atoms with Crippen molar-refractivity contribution < 1.29 is 14.3 Å². The second kappa shape index (κ2) is 3.17. The van der Waals surface area contributed by atoms with Gasteiger partial charge in [0.1, 0.15) is 5.69 Å². The molecule has 0 saturated carbocycles. The minimum Gasteiger partial charge on any atom is -0.478 e. The topological polar surface area (TPSA) is 55.1 Å². The van der Waals surface area contributed by atoms with Crippen LogP contribution in [-0.2, 0) is 11.8 Å². The zero-order chi connectivity index (χ0) is 9.14. The molecule has 0 bridgehead atoms. The van der Waals surface area contributed by atoms with Gasteiger partial charge in [-0.1, -0.05) is 0 Å². The molecule has 4 nitrogen and oxygen atoms in total. The Bertz CT molecular complexity index is 330. The number of aryl methyl sites for hydroxylation is 1. The van der Waals surface area contributed by atoms with Crippen LogP contribution in [0.2, 0.25) is 0 Å². The molecule has 0 fully saturated rings. The van der Waals surface area contributed by atoms with Crippen LogP contribution in [0.1, 0.15) is 5.69 Å². The van der Waals surface area contributed by atoms with E-state index in [1.807, 2.05) is 0 Å². The number of carboxylic acid groups (broad SMARTS) is 1. The standard InChI is InChI=1S/C7H7FN2O2/c1-10-3-2-6(9-10)5(8)4-7(11)12/h2-4H,1H3,(H,11,12). The van der Waals surface area contributed by atoms with Gasteiger partial charge in [0.2, 0.25) is 0 Å². The van der Waals surface area contributed by atoms with Crippen LogP contribution in [0.15, 0.2) is 18.3 Å². The van der Waals surface area contributed by atoms with E-state index in [2.05, 4.69) is 5.10 Å². The first-order valence-corrected chi connectivity index (χ1v) is 3.20. The molecule has 5 heteroatoms. The number of halogens is 1. The smallest absolute Gasteiger partial charge is 0.331 e. The SMILES string of the molecule is Cn1ccc(C(F)=CC(=O)O)n1. The Hall–Kier alpha value is -1.65. The maximum atomic E-state index is 12.8. The summed E-state index contributed by atoms with van der Waals surface area (Å²) in [7, 11) is 1.62. The number of rotatable bonds is 2. The maximum Gasteiger partial charge on any atom is 0.331 e. The summed E-state index contributed by atoms with van der Waals surface area (Å²) >= 11 is 0. The average molecular weight is 170 g/mol. The average Bonchev–Trinajstić information content (AvgIpc) is 2.34. The van der Waals surface area contributed by atoms with E-state index in [-0.39, 0.29) is 5.69 Å². The summed E-state index contributed by atoms with van der Waals surface area (Å²) in [5.74, 6) is -2.17. The van der Waals surface area contributed by atoms with E-state index in [0.717, 1.165) is 0 Å². The highest BCUT2D eigenvalue weighted by Crippen LogP contribution is 2.11. The normalized spacial score (nSPS) is 11.7. The van der Waals surface area contributed by atoms with Gasteiger partial charge in [-0.2, -0.15) is 5.10 Å². The highest BCUT2D eigenvalue weighted by Gasteiger charge is 2.04. The Morgan fingerprint density at radius 1 is 1.83 bits per heavy atom. The number of hydrogen-bond acceptors (Lipinski definition) is 2. The van der Waals surface area contributed by atoms with Crippen molar-refractivity contribution in [3.05, 3.63) is 24.0 Å². The molecule has 0 radical (unpaired) electrons. The minimum atomic E-state index is -1.32. The minimum absolute atomic E-state index is 0.0277. The molecule has 1 heterocycles. The summed E-state index contributed by atoms with van der Waals surface area (Å²) in [5, 5.41) is 11.9. The number of nitrogens with zero attached hydrogens (tertiary/aromatic N) is 2. The van der Waals surface area contributed by atoms with Gasteiger partial charge in [-0.25, -0.2) is 9.18 Å². The second-order valence-corrected chi connectivity index (χ2v) is 2.21. The molecule has 0 aliphatic heterocycles. The van der Waals surface area contributed by atoms with Gasteiger partial charge in [-0.3, -0.25) is 4.68 Å². The molecule has 0 saturated heterocycles. The van der Waals surface area contributed by atoms with Crippen molar-refractivity contribution in [1.29, 1.82) is 0 Å². The van der Waals surface area contributed by atoms with Gasteiger partial charge in [-0.05, 0) is 6.07 Å². The fourth-order valence-electron chi connectivity index (χ4n) is 0.725. The van der Waals surface area contributed by atoms with Crippen molar-refractivity contribution >= 4 is 11.8 Å². The summed E-state index contributed by atoms with van der Waals surface area (Å²) < 4.78 is 14.2. The van der Waals surface area contributed by atoms with Gasteiger partial charge in [-0.15, -0.1) is 0 Å². The predicted molar refractivity (Wildman–Crippen MR) is 39.9 cm³/mol. The third kappa shape index (κ3) is 1.91. The molecule has 0 amide bonds. The van der Waals surface area contributed by atoms with E-state index < -0.39 is 11.8 Å². The van der Waals surface area contributed by atoms with E-state index in [0.29, 0.717) is 6.08 Å². The molecule has 0 aliphatic rings. The molecule has 0 aliphatic carbocycles. The first-order chi connectivity index (χ1) is 5.59. The van der Waals surface area contributed by atoms with Crippen molar-refractivity contribution in [2.45, 2.75) is 0 Å². The molecule has 1 aromatic heterocycles. The van der Waals surface area contributed by atoms with Crippen LogP contribution in [0.4, 0.5) is 4.39 Å². The molecule has 0 unspecified atom stereocenters. The number of aromatic nitrogens is 2. The largest absolute Gasteiger partial charge is 0.478 e. The lowest BCUT2D eigenvalue weighted by Crippen LogP contribution is -1.92. The highest BCUT2D eigenvalue weighted by molar-refractivity contribution is 5.87. The molecule has 1 aromatic rings. The Kier molecular flexibility index (Phi) is 2.23. The molecule has 1 N–H and O–H groups in total. The monoisotopic (exact) mass is 170 g/mol. The Balaban J connectivity index is 2.91. The number of hydrogen-bond donors (Lipinski definition) is 1. The number of carbonyl (C=O) groups is 1. The van der Waals surface area contributed by atoms with Crippen LogP contribution < -0.4 is 0 Å². The molecular formula is C7H7FN2O2. The Morgan fingerprint density at radius 2 is 2.50 bits per heavy atom. The van der Waals surface area contributed by atoms with E-state index >= 15 is 0 Å². The highest BCUT2D eigenvalue weighted by atomic mass is 19.1. The summed E-state index contributed by atoms with van der Waals surface area (Å²) in [6.07, 6.45) is 2.01. The third-order valence-corrected chi connectivity index (χ3v) is 1.21. The van der Waals surface area contributed by atoms with Crippen LogP contribution in [0, 0.1) is 0 Å². The summed E-state index contributed by atoms with van der Waals surface area (Å²) in [6, 6.07) is 1.40. The van der Waals surface area contributed by atoms with Gasteiger partial charge in [0, 0.05) is 13.2 Å². The van der Waals surface area contributed by atoms with Crippen LogP contribution in [0.5, 0.6) is 0 Å². The summed E-state index contributed by atoms with van der Waals surface area (Å²) in [6.45, 7) is 0. The van der Waals surface area contributed by atoms with E-state index in [9.17, 15) is 9.18 Å². The van der Waals surface area contributed by atoms with E-state index in [4.69, 9.17) is 5.11 Å². The summed E-state index contributed by atoms with van der Waals surface area (Å²) in [5.41, 5.74) is 0.0277. The zero-order valence-corrected chi connectivity index (χ0v) is 6.36. The van der Waals surface area contributed by atoms with Crippen molar-refractivity contribution in [3.8, 4) is 0 Å². The van der Waals surface area contributed by atoms with Crippen LogP contribution in [0.25, 0.3) is 5.83 Å². The van der Waals surface area contributed by atoms with Gasteiger partial charge >= 0.3 is 5.97 Å². The zero-order valence-electron chi connectivity index (χ0n) is 6.36. The Labute approximate surface area is 67.9 Å². The molecular weight excluding hydrogens is 163 g/mol. The molecule has 12 heavy (non-hydrogen) atoms. The lowest BCUT2D eigenvalue weighted by molar-refractivity contribution is -0.131. The van der Waals surface area contributed by atoms with Crippen LogP contribution in [0.3, 0.4) is 0 Å². The molecule has 0 spiro atoms. The lowest BCUT2D eigenvalue weighted by atomic mass is 10.3. The fourth-order valence-corrected chi connectivity index (χ4v) is 0.725. The van der Waals surface area contributed by atoms with Crippen molar-refractivity contribution in [1.82, 2.24) is 9.78 Å². The summed E-state index contributed by atoms with van der Waals surface area (Å²) in [4.78, 5) is 10.0. The van der Waals surface area contributed by atoms with Gasteiger partial charge in [0.05, 0.1) is 6.08 Å². The number of carboxylic acids is 1. The first-order valence-electron chi connectivity index (χ1n) is 3.20. The van der Waals surface area contributed by atoms with E-state index in [1.165, 1.54) is 16.9 Å². The molecule has 64 valence electrons. The quantitative estimate of drug-likeness (QED) is 0.668. The lowest BCUT2D eigenvalue weighted by Gasteiger charge is -1.88. The van der Waals surface area contributed by atoms with Gasteiger partial charge < -0.3 is 5.11 Å². The first kappa shape index (κ1) is 8.45. The third-order valence-electron chi connectivity index (χ3n) is 1.21. The van der Waals surface area contributed by atoms with Crippen molar-refractivity contribution in [3.63, 3.8) is 0 Å². The Morgan fingerprint density at radius 3 is 2.92 bits per heavy atom. The van der Waals surface area contributed by atoms with Gasteiger partial charge in [0.15, 0.2) is 5.83 Å². The van der Waals surface area contributed by atoms with E-state index in [1.54, 1.807) is 7.05 Å². The predicted octanol–water partition coefficient (Wildman–Crippen LogP) is 0.815. The van der Waals surface area contributed by atoms with Crippen molar-refractivity contribution in [2.75, 3.05) is 0 Å². The van der Waals surface area contributed by atoms with Crippen LogP contribution in [-0.4, -0.2) is 20.9 Å². The molecule has 0 aromatic carbocycles. The second-order valence-electron chi connectivity index (χ2n) is 2.21. The van der Waals surface area contributed by atoms with Crippen LogP contribution >= 0.6 is 0 Å². The fraction of sp³-hybridized carbons (Fsp3) is 0.143. The molecule has 1 rings (SSSR count). The maximum absolute atomic E-state index is 12.8. The molecule has 0 atom stereocenters. The van der Waals surface area contributed by atoms with Gasteiger partial charge in [0.25, 0.3) is 0 Å².